The second-order valence-electron chi connectivity index (χ2n) is 11.3. The van der Waals surface area contributed by atoms with E-state index in [-0.39, 0.29) is 5.91 Å². The second-order valence-corrected chi connectivity index (χ2v) is 11.3. The third-order valence-electron chi connectivity index (χ3n) is 8.10. The fraction of sp³-hybridized carbons (Fsp3) is 0.200. The van der Waals surface area contributed by atoms with Crippen LogP contribution in [-0.4, -0.2) is 59.6 Å². The minimum Gasteiger partial charge on any atom is -0.369 e. The van der Waals surface area contributed by atoms with Gasteiger partial charge < -0.3 is 25.5 Å². The Morgan fingerprint density at radius 1 is 0.833 bits per heavy atom. The van der Waals surface area contributed by atoms with Gasteiger partial charge in [0.15, 0.2) is 5.72 Å². The molecule has 7 nitrogen and oxygen atoms in total. The van der Waals surface area contributed by atoms with E-state index in [4.69, 9.17) is 5.73 Å². The first-order valence-electron chi connectivity index (χ1n) is 14.1. The number of amides is 2. The molecule has 0 aliphatic carbocycles. The maximum Gasteiger partial charge on any atom is 0.258 e. The predicted octanol–water partition coefficient (Wildman–Crippen LogP) is 5.12. The minimum absolute atomic E-state index is 0.132. The highest BCUT2D eigenvalue weighted by molar-refractivity contribution is 6.08. The third kappa shape index (κ3) is 4.98. The van der Waals surface area contributed by atoms with Gasteiger partial charge in [0.05, 0.1) is 12.1 Å². The average Bonchev–Trinajstić information content (AvgIpc) is 3.18. The molecule has 2 aliphatic heterocycles. The zero-order valence-corrected chi connectivity index (χ0v) is 23.8. The van der Waals surface area contributed by atoms with Crippen LogP contribution in [-0.2, 0) is 6.54 Å². The van der Waals surface area contributed by atoms with Crippen LogP contribution >= 0.6 is 0 Å². The van der Waals surface area contributed by atoms with Crippen molar-refractivity contribution >= 4 is 17.5 Å². The Labute approximate surface area is 246 Å². The number of rotatable bonds is 6. The van der Waals surface area contributed by atoms with Crippen molar-refractivity contribution in [3.05, 3.63) is 126 Å². The molecule has 0 saturated heterocycles. The SMILES string of the molecule is CN(C)CC1(O)CC=C2CN(C(=O)c3ccc(-c4cccc(-c5ccccc5)c4C(N)=O)cc3)c3ccccc3CN21. The first kappa shape index (κ1) is 27.4. The zero-order chi connectivity index (χ0) is 29.4. The number of hydrogen-bond donors (Lipinski definition) is 2. The summed E-state index contributed by atoms with van der Waals surface area (Å²) < 4.78 is 0. The number of hydrogen-bond acceptors (Lipinski definition) is 5. The van der Waals surface area contributed by atoms with E-state index >= 15 is 0 Å². The summed E-state index contributed by atoms with van der Waals surface area (Å²) in [6, 6.07) is 30.6. The van der Waals surface area contributed by atoms with E-state index in [0.29, 0.717) is 37.2 Å². The van der Waals surface area contributed by atoms with Crippen LogP contribution in [0.15, 0.2) is 109 Å². The number of carbonyl (C=O) groups is 2. The number of aliphatic hydroxyl groups is 1. The van der Waals surface area contributed by atoms with Gasteiger partial charge in [0.1, 0.15) is 0 Å². The Balaban J connectivity index is 1.33. The van der Waals surface area contributed by atoms with E-state index < -0.39 is 11.6 Å². The summed E-state index contributed by atoms with van der Waals surface area (Å²) in [6.07, 6.45) is 2.55. The first-order chi connectivity index (χ1) is 20.2. The monoisotopic (exact) mass is 558 g/mol. The Morgan fingerprint density at radius 2 is 1.48 bits per heavy atom. The smallest absolute Gasteiger partial charge is 0.258 e. The molecule has 1 atom stereocenters. The van der Waals surface area contributed by atoms with E-state index in [2.05, 4.69) is 0 Å². The van der Waals surface area contributed by atoms with Crippen LogP contribution < -0.4 is 10.6 Å². The van der Waals surface area contributed by atoms with E-state index in [0.717, 1.165) is 39.2 Å². The normalized spacial score (nSPS) is 17.9. The van der Waals surface area contributed by atoms with Gasteiger partial charge in [-0.1, -0.05) is 84.9 Å². The Bertz CT molecular complexity index is 1680. The topological polar surface area (TPSA) is 90.1 Å². The highest BCUT2D eigenvalue weighted by atomic mass is 16.3. The molecule has 2 amide bonds. The number of carbonyl (C=O) groups excluding carboxylic acids is 2. The molecule has 0 saturated carbocycles. The van der Waals surface area contributed by atoms with Gasteiger partial charge in [-0.15, -0.1) is 0 Å². The van der Waals surface area contributed by atoms with Gasteiger partial charge in [0.2, 0.25) is 5.91 Å². The zero-order valence-electron chi connectivity index (χ0n) is 23.8. The molecule has 2 heterocycles. The highest BCUT2D eigenvalue weighted by Gasteiger charge is 2.43. The molecule has 1 unspecified atom stereocenters. The fourth-order valence-corrected chi connectivity index (χ4v) is 6.20. The molecular formula is C35H34N4O3. The number of primary amides is 1. The van der Waals surface area contributed by atoms with Crippen molar-refractivity contribution in [3.63, 3.8) is 0 Å². The maximum absolute atomic E-state index is 14.0. The number of benzene rings is 4. The summed E-state index contributed by atoms with van der Waals surface area (Å²) in [5, 5.41) is 11.5. The van der Waals surface area contributed by atoms with Crippen LogP contribution in [0.5, 0.6) is 0 Å². The molecule has 0 aromatic heterocycles. The third-order valence-corrected chi connectivity index (χ3v) is 8.10. The van der Waals surface area contributed by atoms with Crippen LogP contribution in [0.2, 0.25) is 0 Å². The van der Waals surface area contributed by atoms with Gasteiger partial charge in [-0.2, -0.15) is 0 Å². The van der Waals surface area contributed by atoms with Gasteiger partial charge in [0, 0.05) is 36.5 Å². The molecule has 2 aliphatic rings. The standard InChI is InChI=1S/C35H34N4O3/c1-37(2)23-35(42)20-19-28-22-38(31-14-7-6-11-27(31)21-39(28)35)34(41)26-17-15-25(16-18-26)30-13-8-12-29(32(30)33(36)40)24-9-4-3-5-10-24/h3-19,42H,20-23H2,1-2H3,(H2,36,40). The summed E-state index contributed by atoms with van der Waals surface area (Å²) in [4.78, 5) is 32.5. The first-order valence-corrected chi connectivity index (χ1v) is 14.1. The summed E-state index contributed by atoms with van der Waals surface area (Å²) in [5.74, 6) is -0.637. The fourth-order valence-electron chi connectivity index (χ4n) is 6.20. The average molecular weight is 559 g/mol. The molecule has 6 rings (SSSR count). The van der Waals surface area contributed by atoms with Gasteiger partial charge in [-0.3, -0.25) is 9.59 Å². The van der Waals surface area contributed by atoms with Crippen molar-refractivity contribution in [3.8, 4) is 22.3 Å². The van der Waals surface area contributed by atoms with E-state index in [9.17, 15) is 14.7 Å². The largest absolute Gasteiger partial charge is 0.369 e. The van der Waals surface area contributed by atoms with Crippen molar-refractivity contribution in [2.75, 3.05) is 32.1 Å². The second kappa shape index (κ2) is 10.9. The number of nitrogens with zero attached hydrogens (tertiary/aromatic N) is 3. The molecule has 212 valence electrons. The van der Waals surface area contributed by atoms with Crippen molar-refractivity contribution < 1.29 is 14.7 Å². The lowest BCUT2D eigenvalue weighted by molar-refractivity contribution is -0.0926. The molecule has 4 aromatic carbocycles. The number of nitrogens with two attached hydrogens (primary N) is 1. The molecule has 3 N–H and O–H groups in total. The number of anilines is 1. The number of likely N-dealkylation sites (N-methyl/N-ethyl adjacent to an activating group) is 1. The lowest BCUT2D eigenvalue weighted by Gasteiger charge is -2.38. The summed E-state index contributed by atoms with van der Waals surface area (Å²) in [7, 11) is 3.90. The van der Waals surface area contributed by atoms with E-state index in [1.54, 1.807) is 17.0 Å². The van der Waals surface area contributed by atoms with Gasteiger partial charge in [0.25, 0.3) is 5.91 Å². The molecule has 7 heteroatoms. The molecule has 0 fully saturated rings. The van der Waals surface area contributed by atoms with Gasteiger partial charge in [-0.25, -0.2) is 0 Å². The molecule has 42 heavy (non-hydrogen) atoms. The van der Waals surface area contributed by atoms with Crippen molar-refractivity contribution in [1.82, 2.24) is 9.80 Å². The van der Waals surface area contributed by atoms with E-state index in [1.165, 1.54) is 0 Å². The van der Waals surface area contributed by atoms with E-state index in [1.807, 2.05) is 115 Å². The molecule has 4 aromatic rings. The highest BCUT2D eigenvalue weighted by Crippen LogP contribution is 2.39. The number of fused-ring (bicyclic) bond motifs is 2. The maximum atomic E-state index is 14.0. The molecule has 0 spiro atoms. The minimum atomic E-state index is -1.03. The Morgan fingerprint density at radius 3 is 2.14 bits per heavy atom. The molecular weight excluding hydrogens is 524 g/mol. The summed E-state index contributed by atoms with van der Waals surface area (Å²) >= 11 is 0. The quantitative estimate of drug-likeness (QED) is 0.343. The summed E-state index contributed by atoms with van der Waals surface area (Å²) in [6.45, 7) is 1.37. The Kier molecular flexibility index (Phi) is 7.14. The van der Waals surface area contributed by atoms with Crippen LogP contribution in [0.4, 0.5) is 5.69 Å². The van der Waals surface area contributed by atoms with Crippen molar-refractivity contribution in [1.29, 1.82) is 0 Å². The lowest BCUT2D eigenvalue weighted by Crippen LogP contribution is -2.51. The van der Waals surface area contributed by atoms with Gasteiger partial charge in [-0.05, 0) is 60.1 Å². The van der Waals surface area contributed by atoms with Crippen molar-refractivity contribution in [2.24, 2.45) is 5.73 Å². The lowest BCUT2D eigenvalue weighted by atomic mass is 9.91. The van der Waals surface area contributed by atoms with Gasteiger partial charge >= 0.3 is 0 Å². The Hall–Kier alpha value is -4.72. The summed E-state index contributed by atoms with van der Waals surface area (Å²) in [5.41, 5.74) is 11.8. The number of para-hydroxylation sites is 1. The van der Waals surface area contributed by atoms with Crippen LogP contribution in [0, 0.1) is 0 Å². The van der Waals surface area contributed by atoms with Crippen LogP contribution in [0.1, 0.15) is 32.7 Å². The molecule has 0 radical (unpaired) electrons. The van der Waals surface area contributed by atoms with Crippen LogP contribution in [0.3, 0.4) is 0 Å². The van der Waals surface area contributed by atoms with Crippen LogP contribution in [0.25, 0.3) is 22.3 Å². The molecule has 0 bridgehead atoms. The van der Waals surface area contributed by atoms with Crippen molar-refractivity contribution in [2.45, 2.75) is 18.7 Å². The predicted molar refractivity (Wildman–Crippen MR) is 166 cm³/mol.